The summed E-state index contributed by atoms with van der Waals surface area (Å²) in [4.78, 5) is 23.9. The number of carbonyl (C=O) groups is 2. The molecule has 100 valence electrons. The molecule has 0 saturated carbocycles. The van der Waals surface area contributed by atoms with E-state index in [9.17, 15) is 9.59 Å². The van der Waals surface area contributed by atoms with Crippen LogP contribution in [0.15, 0.2) is 48.1 Å². The van der Waals surface area contributed by atoms with E-state index in [0.29, 0.717) is 17.6 Å². The second-order valence-corrected chi connectivity index (χ2v) is 4.33. The van der Waals surface area contributed by atoms with Gasteiger partial charge in [0.2, 0.25) is 0 Å². The molecule has 18 heavy (non-hydrogen) atoms. The van der Waals surface area contributed by atoms with Crippen LogP contribution < -0.4 is 0 Å². The second-order valence-electron chi connectivity index (χ2n) is 4.33. The second kappa shape index (κ2) is 7.33. The summed E-state index contributed by atoms with van der Waals surface area (Å²) < 4.78 is 0. The van der Waals surface area contributed by atoms with Crippen molar-refractivity contribution in [2.75, 3.05) is 0 Å². The van der Waals surface area contributed by atoms with Crippen LogP contribution in [0.3, 0.4) is 0 Å². The van der Waals surface area contributed by atoms with Crippen LogP contribution in [0.1, 0.15) is 26.7 Å². The normalized spacial score (nSPS) is 12.4. The van der Waals surface area contributed by atoms with Crippen LogP contribution in [0, 0.1) is 5.92 Å². The first-order valence-electron chi connectivity index (χ1n) is 5.54. The van der Waals surface area contributed by atoms with Crippen LogP contribution in [0.5, 0.6) is 0 Å². The summed E-state index contributed by atoms with van der Waals surface area (Å²) in [6, 6.07) is 0. The maximum Gasteiger partial charge on any atom is 0.0820 e. The standard InChI is InChI=1S/C15H17O2.Pt/c1-10(2)14(16)13(15(17)11(3)4)9-12-7-5-6-8-12;/h5-7H,1,3,8-9H2,2,4H3;/q-1;. The Morgan fingerprint density at radius 2 is 1.72 bits per heavy atom. The summed E-state index contributed by atoms with van der Waals surface area (Å²) in [5.41, 5.74) is 1.85. The van der Waals surface area contributed by atoms with Crippen LogP contribution in [0.2, 0.25) is 0 Å². The van der Waals surface area contributed by atoms with Gasteiger partial charge in [0.05, 0.1) is 11.6 Å². The number of Topliss-reactive ketones (excluding diaryl/α,β-unsaturated/α-hetero) is 2. The molecular weight excluding hydrogens is 407 g/mol. The van der Waals surface area contributed by atoms with Gasteiger partial charge in [0.25, 0.3) is 0 Å². The van der Waals surface area contributed by atoms with Crippen molar-refractivity contribution in [3.63, 3.8) is 0 Å². The van der Waals surface area contributed by atoms with E-state index in [1.807, 2.05) is 18.2 Å². The third-order valence-electron chi connectivity index (χ3n) is 2.58. The fourth-order valence-electron chi connectivity index (χ4n) is 1.63. The minimum Gasteiger partial charge on any atom is -0.318 e. The van der Waals surface area contributed by atoms with Gasteiger partial charge in [-0.05, 0) is 12.8 Å². The van der Waals surface area contributed by atoms with E-state index < -0.39 is 0 Å². The van der Waals surface area contributed by atoms with Crippen molar-refractivity contribution in [2.45, 2.75) is 26.7 Å². The van der Waals surface area contributed by atoms with Crippen molar-refractivity contribution in [3.8, 4) is 0 Å². The van der Waals surface area contributed by atoms with Gasteiger partial charge in [-0.1, -0.05) is 43.6 Å². The molecule has 0 saturated heterocycles. The first kappa shape index (κ1) is 16.9. The Hall–Kier alpha value is -1.14. The molecule has 0 radical (unpaired) electrons. The first-order chi connectivity index (χ1) is 7.93. The molecule has 3 heteroatoms. The Morgan fingerprint density at radius 3 is 2.06 bits per heavy atom. The van der Waals surface area contributed by atoms with Crippen molar-refractivity contribution in [1.82, 2.24) is 0 Å². The number of carbonyl (C=O) groups excluding carboxylic acids is 2. The zero-order valence-electron chi connectivity index (χ0n) is 10.7. The number of hydrogen-bond acceptors (Lipinski definition) is 2. The van der Waals surface area contributed by atoms with E-state index in [4.69, 9.17) is 0 Å². The number of allylic oxidation sites excluding steroid dienone is 6. The molecule has 1 rings (SSSR count). The number of hydrogen-bond donors (Lipinski definition) is 0. The van der Waals surface area contributed by atoms with Gasteiger partial charge < -0.3 is 9.59 Å². The molecule has 0 aromatic heterocycles. The Labute approximate surface area is 123 Å². The monoisotopic (exact) mass is 424 g/mol. The summed E-state index contributed by atoms with van der Waals surface area (Å²) in [5.74, 6) is -0.239. The number of ketones is 2. The summed E-state index contributed by atoms with van der Waals surface area (Å²) in [5, 5.41) is 0. The zero-order chi connectivity index (χ0) is 13.0. The summed E-state index contributed by atoms with van der Waals surface area (Å²) in [7, 11) is 0. The largest absolute Gasteiger partial charge is 0.318 e. The van der Waals surface area contributed by atoms with Gasteiger partial charge in [-0.25, -0.2) is 0 Å². The SMILES string of the molecule is C=C(C)C(=O)[C-](CC1=CC=CC1)C(=O)C(=C)C.[Pt]. The Balaban J connectivity index is 0.00000289. The van der Waals surface area contributed by atoms with E-state index in [-0.39, 0.29) is 38.5 Å². The van der Waals surface area contributed by atoms with Crippen molar-refractivity contribution >= 4 is 11.6 Å². The minimum absolute atomic E-state index is 0. The molecule has 0 N–H and O–H groups in total. The molecule has 0 heterocycles. The minimum atomic E-state index is -0.259. The quantitative estimate of drug-likeness (QED) is 0.373. The third kappa shape index (κ3) is 4.27. The van der Waals surface area contributed by atoms with Crippen LogP contribution in [-0.4, -0.2) is 11.6 Å². The van der Waals surface area contributed by atoms with Gasteiger partial charge in [0.1, 0.15) is 0 Å². The molecule has 0 bridgehead atoms. The average molecular weight is 424 g/mol. The van der Waals surface area contributed by atoms with E-state index in [2.05, 4.69) is 13.2 Å². The Morgan fingerprint density at radius 1 is 1.22 bits per heavy atom. The van der Waals surface area contributed by atoms with Gasteiger partial charge in [-0.15, -0.1) is 24.3 Å². The van der Waals surface area contributed by atoms with Gasteiger partial charge in [0.15, 0.2) is 0 Å². The van der Waals surface area contributed by atoms with Gasteiger partial charge in [0, 0.05) is 21.1 Å². The summed E-state index contributed by atoms with van der Waals surface area (Å²) in [6.45, 7) is 10.5. The molecule has 0 aromatic rings. The summed E-state index contributed by atoms with van der Waals surface area (Å²) >= 11 is 0. The molecule has 1 aliphatic rings. The van der Waals surface area contributed by atoms with Crippen molar-refractivity contribution in [1.29, 1.82) is 0 Å². The fourth-order valence-corrected chi connectivity index (χ4v) is 1.63. The van der Waals surface area contributed by atoms with Crippen LogP contribution >= 0.6 is 0 Å². The molecule has 1 aliphatic carbocycles. The van der Waals surface area contributed by atoms with Crippen LogP contribution in [-0.2, 0) is 30.7 Å². The van der Waals surface area contributed by atoms with E-state index >= 15 is 0 Å². The Kier molecular flexibility index (Phi) is 6.86. The zero-order valence-corrected chi connectivity index (χ0v) is 13.0. The smallest absolute Gasteiger partial charge is 0.0820 e. The van der Waals surface area contributed by atoms with Crippen molar-refractivity contribution in [2.24, 2.45) is 0 Å². The molecule has 0 amide bonds. The topological polar surface area (TPSA) is 34.1 Å². The van der Waals surface area contributed by atoms with Gasteiger partial charge in [-0.3, -0.25) is 0 Å². The molecule has 2 nitrogen and oxygen atoms in total. The summed E-state index contributed by atoms with van der Waals surface area (Å²) in [6.07, 6.45) is 7.07. The molecule has 0 aliphatic heterocycles. The van der Waals surface area contributed by atoms with E-state index in [1.165, 1.54) is 0 Å². The van der Waals surface area contributed by atoms with Gasteiger partial charge >= 0.3 is 0 Å². The fraction of sp³-hybridized carbons (Fsp3) is 0.267. The number of rotatable bonds is 6. The molecular formula is C15H17O2Pt-. The molecule has 0 unspecified atom stereocenters. The first-order valence-corrected chi connectivity index (χ1v) is 5.54. The third-order valence-corrected chi connectivity index (χ3v) is 2.58. The predicted octanol–water partition coefficient (Wildman–Crippen LogP) is 3.13. The predicted molar refractivity (Wildman–Crippen MR) is 69.3 cm³/mol. The molecule has 0 fully saturated rings. The van der Waals surface area contributed by atoms with Crippen LogP contribution in [0.4, 0.5) is 0 Å². The molecule has 0 atom stereocenters. The van der Waals surface area contributed by atoms with E-state index in [0.717, 1.165) is 12.0 Å². The maximum atomic E-state index is 11.9. The van der Waals surface area contributed by atoms with Crippen molar-refractivity contribution < 1.29 is 30.7 Å². The van der Waals surface area contributed by atoms with Crippen LogP contribution in [0.25, 0.3) is 0 Å². The molecule has 0 spiro atoms. The maximum absolute atomic E-state index is 11.9. The Bertz CT molecular complexity index is 415. The average Bonchev–Trinajstić information content (AvgIpc) is 2.76. The van der Waals surface area contributed by atoms with Gasteiger partial charge in [-0.2, -0.15) is 0 Å². The van der Waals surface area contributed by atoms with E-state index in [1.54, 1.807) is 13.8 Å². The molecule has 0 aromatic carbocycles. The van der Waals surface area contributed by atoms with Crippen molar-refractivity contribution in [3.05, 3.63) is 54.0 Å².